The first kappa shape index (κ1) is 12.3. The first-order chi connectivity index (χ1) is 9.24. The molecule has 0 aromatic carbocycles. The lowest BCUT2D eigenvalue weighted by molar-refractivity contribution is -0.124. The average Bonchev–Trinajstić information content (AvgIpc) is 3.23. The SMILES string of the molecule is O=C(NC1CC1)C1COCCN1c1ccnc(F)c1. The summed E-state index contributed by atoms with van der Waals surface area (Å²) in [5.41, 5.74) is 0.673. The second kappa shape index (κ2) is 5.13. The third kappa shape index (κ3) is 2.84. The number of morpholine rings is 1. The molecule has 0 radical (unpaired) electrons. The average molecular weight is 265 g/mol. The fourth-order valence-electron chi connectivity index (χ4n) is 2.23. The number of pyridine rings is 1. The van der Waals surface area contributed by atoms with Crippen LogP contribution in [-0.4, -0.2) is 42.7 Å². The van der Waals surface area contributed by atoms with Gasteiger partial charge in [0.2, 0.25) is 11.9 Å². The molecule has 102 valence electrons. The Bertz CT molecular complexity index is 479. The number of hydrogen-bond donors (Lipinski definition) is 1. The van der Waals surface area contributed by atoms with E-state index in [1.54, 1.807) is 6.07 Å². The summed E-state index contributed by atoms with van der Waals surface area (Å²) in [6.45, 7) is 1.45. The predicted octanol–water partition coefficient (Wildman–Crippen LogP) is 0.704. The molecule has 1 aliphatic heterocycles. The topological polar surface area (TPSA) is 54.5 Å². The van der Waals surface area contributed by atoms with Gasteiger partial charge in [-0.15, -0.1) is 0 Å². The van der Waals surface area contributed by atoms with Crippen molar-refractivity contribution in [3.63, 3.8) is 0 Å². The minimum Gasteiger partial charge on any atom is -0.377 e. The van der Waals surface area contributed by atoms with E-state index in [1.165, 1.54) is 12.3 Å². The second-order valence-corrected chi connectivity index (χ2v) is 4.90. The van der Waals surface area contributed by atoms with Crippen LogP contribution in [0.25, 0.3) is 0 Å². The number of nitrogens with zero attached hydrogens (tertiary/aromatic N) is 2. The maximum absolute atomic E-state index is 13.2. The molecule has 19 heavy (non-hydrogen) atoms. The smallest absolute Gasteiger partial charge is 0.245 e. The van der Waals surface area contributed by atoms with Crippen molar-refractivity contribution in [2.45, 2.75) is 24.9 Å². The van der Waals surface area contributed by atoms with Crippen LogP contribution in [-0.2, 0) is 9.53 Å². The highest BCUT2D eigenvalue weighted by Gasteiger charge is 2.33. The number of hydrogen-bond acceptors (Lipinski definition) is 4. The van der Waals surface area contributed by atoms with Crippen molar-refractivity contribution in [2.75, 3.05) is 24.7 Å². The highest BCUT2D eigenvalue weighted by atomic mass is 19.1. The normalized spacial score (nSPS) is 23.2. The molecule has 1 aliphatic carbocycles. The first-order valence-corrected chi connectivity index (χ1v) is 6.50. The van der Waals surface area contributed by atoms with Crippen molar-refractivity contribution in [1.29, 1.82) is 0 Å². The third-order valence-electron chi connectivity index (χ3n) is 3.40. The van der Waals surface area contributed by atoms with Gasteiger partial charge in [-0.25, -0.2) is 4.98 Å². The molecular weight excluding hydrogens is 249 g/mol. The molecule has 5 nitrogen and oxygen atoms in total. The van der Waals surface area contributed by atoms with Crippen molar-refractivity contribution in [3.8, 4) is 0 Å². The molecule has 2 aliphatic rings. The van der Waals surface area contributed by atoms with Gasteiger partial charge in [-0.1, -0.05) is 0 Å². The van der Waals surface area contributed by atoms with Crippen LogP contribution >= 0.6 is 0 Å². The molecule has 1 atom stereocenters. The molecule has 3 rings (SSSR count). The van der Waals surface area contributed by atoms with E-state index in [9.17, 15) is 9.18 Å². The van der Waals surface area contributed by atoms with Crippen LogP contribution in [0.2, 0.25) is 0 Å². The van der Waals surface area contributed by atoms with E-state index in [2.05, 4.69) is 10.3 Å². The molecular formula is C13H16FN3O2. The van der Waals surface area contributed by atoms with Gasteiger partial charge in [-0.05, 0) is 18.9 Å². The number of halogens is 1. The molecule has 1 N–H and O–H groups in total. The summed E-state index contributed by atoms with van der Waals surface area (Å²) in [6.07, 6.45) is 3.50. The van der Waals surface area contributed by atoms with Crippen molar-refractivity contribution >= 4 is 11.6 Å². The molecule has 2 fully saturated rings. The molecule has 2 heterocycles. The fourth-order valence-corrected chi connectivity index (χ4v) is 2.23. The van der Waals surface area contributed by atoms with E-state index < -0.39 is 12.0 Å². The molecule has 6 heteroatoms. The molecule has 1 saturated carbocycles. The first-order valence-electron chi connectivity index (χ1n) is 6.50. The summed E-state index contributed by atoms with van der Waals surface area (Å²) in [5, 5.41) is 2.97. The maximum atomic E-state index is 13.2. The Kier molecular flexibility index (Phi) is 3.33. The number of amides is 1. The monoisotopic (exact) mass is 265 g/mol. The van der Waals surface area contributed by atoms with E-state index in [-0.39, 0.29) is 5.91 Å². The van der Waals surface area contributed by atoms with Gasteiger partial charge in [0.1, 0.15) is 6.04 Å². The van der Waals surface area contributed by atoms with Crippen molar-refractivity contribution in [1.82, 2.24) is 10.3 Å². The van der Waals surface area contributed by atoms with Crippen LogP contribution in [0.3, 0.4) is 0 Å². The number of carbonyl (C=O) groups is 1. The van der Waals surface area contributed by atoms with Gasteiger partial charge < -0.3 is 15.0 Å². The minimum absolute atomic E-state index is 0.0422. The zero-order valence-corrected chi connectivity index (χ0v) is 10.5. The van der Waals surface area contributed by atoms with Gasteiger partial charge in [-0.3, -0.25) is 4.79 Å². The Morgan fingerprint density at radius 2 is 2.37 bits per heavy atom. The van der Waals surface area contributed by atoms with E-state index in [1.807, 2.05) is 4.90 Å². The molecule has 0 bridgehead atoms. The maximum Gasteiger partial charge on any atom is 0.245 e. The predicted molar refractivity (Wildman–Crippen MR) is 67.3 cm³/mol. The molecule has 1 amide bonds. The van der Waals surface area contributed by atoms with Crippen LogP contribution in [0, 0.1) is 5.95 Å². The van der Waals surface area contributed by atoms with Crippen LogP contribution in [0.4, 0.5) is 10.1 Å². The fraction of sp³-hybridized carbons (Fsp3) is 0.538. The summed E-state index contributed by atoms with van der Waals surface area (Å²) in [5.74, 6) is -0.579. The summed E-state index contributed by atoms with van der Waals surface area (Å²) < 4.78 is 18.6. The van der Waals surface area contributed by atoms with Crippen LogP contribution in [0.1, 0.15) is 12.8 Å². The molecule has 1 unspecified atom stereocenters. The highest BCUT2D eigenvalue weighted by molar-refractivity contribution is 5.86. The number of nitrogens with one attached hydrogen (secondary N) is 1. The van der Waals surface area contributed by atoms with Crippen molar-refractivity contribution in [3.05, 3.63) is 24.3 Å². The Morgan fingerprint density at radius 1 is 1.53 bits per heavy atom. The second-order valence-electron chi connectivity index (χ2n) is 4.90. The molecule has 0 spiro atoms. The minimum atomic E-state index is -0.537. The zero-order valence-electron chi connectivity index (χ0n) is 10.5. The summed E-state index contributed by atoms with van der Waals surface area (Å²) in [6, 6.07) is 2.98. The highest BCUT2D eigenvalue weighted by Crippen LogP contribution is 2.22. The van der Waals surface area contributed by atoms with E-state index >= 15 is 0 Å². The van der Waals surface area contributed by atoms with Gasteiger partial charge in [0.15, 0.2) is 0 Å². The van der Waals surface area contributed by atoms with Gasteiger partial charge in [0, 0.05) is 30.5 Å². The lowest BCUT2D eigenvalue weighted by Gasteiger charge is -2.36. The number of carbonyl (C=O) groups excluding carboxylic acids is 1. The quantitative estimate of drug-likeness (QED) is 0.818. The zero-order chi connectivity index (χ0) is 13.2. The van der Waals surface area contributed by atoms with Crippen molar-refractivity contribution < 1.29 is 13.9 Å². The third-order valence-corrected chi connectivity index (χ3v) is 3.40. The van der Waals surface area contributed by atoms with Crippen LogP contribution in [0.15, 0.2) is 18.3 Å². The standard InChI is InChI=1S/C13H16FN3O2/c14-12-7-10(3-4-15-12)17-5-6-19-8-11(17)13(18)16-9-1-2-9/h3-4,7,9,11H,1-2,5-6,8H2,(H,16,18). The number of ether oxygens (including phenoxy) is 1. The lowest BCUT2D eigenvalue weighted by Crippen LogP contribution is -2.54. The van der Waals surface area contributed by atoms with Gasteiger partial charge in [0.25, 0.3) is 0 Å². The molecule has 1 saturated heterocycles. The largest absolute Gasteiger partial charge is 0.377 e. The summed E-state index contributed by atoms with van der Waals surface area (Å²) in [4.78, 5) is 17.6. The molecule has 1 aromatic heterocycles. The molecule has 1 aromatic rings. The van der Waals surface area contributed by atoms with Gasteiger partial charge in [0.05, 0.1) is 13.2 Å². The number of anilines is 1. The number of rotatable bonds is 3. The lowest BCUT2D eigenvalue weighted by atomic mass is 10.2. The summed E-state index contributed by atoms with van der Waals surface area (Å²) >= 11 is 0. The summed E-state index contributed by atoms with van der Waals surface area (Å²) in [7, 11) is 0. The number of aromatic nitrogens is 1. The van der Waals surface area contributed by atoms with E-state index in [4.69, 9.17) is 4.74 Å². The van der Waals surface area contributed by atoms with Gasteiger partial charge >= 0.3 is 0 Å². The van der Waals surface area contributed by atoms with Crippen LogP contribution in [0.5, 0.6) is 0 Å². The van der Waals surface area contributed by atoms with Gasteiger partial charge in [-0.2, -0.15) is 4.39 Å². The van der Waals surface area contributed by atoms with Crippen LogP contribution < -0.4 is 10.2 Å². The Labute approximate surface area is 110 Å². The van der Waals surface area contributed by atoms with Crippen molar-refractivity contribution in [2.24, 2.45) is 0 Å². The van der Waals surface area contributed by atoms with E-state index in [0.29, 0.717) is 31.5 Å². The Hall–Kier alpha value is -1.69. The van der Waals surface area contributed by atoms with E-state index in [0.717, 1.165) is 12.8 Å². The Balaban J connectivity index is 1.77. The Morgan fingerprint density at radius 3 is 3.11 bits per heavy atom.